The molecule has 1 N–H and O–H groups in total. The maximum atomic E-state index is 10.8. The van der Waals surface area contributed by atoms with Crippen molar-refractivity contribution in [3.8, 4) is 0 Å². The molecule has 0 aromatic heterocycles. The van der Waals surface area contributed by atoms with Crippen LogP contribution >= 0.6 is 0 Å². The molecule has 2 aliphatic rings. The van der Waals surface area contributed by atoms with Crippen LogP contribution in [0.5, 0.6) is 0 Å². The quantitative estimate of drug-likeness (QED) is 0.507. The van der Waals surface area contributed by atoms with Crippen molar-refractivity contribution in [1.29, 1.82) is 0 Å². The SMILES string of the molecule is CC.CC(C)=Cc1c(C)cccc1NC1CCN(C2CCCC2)CC1.CCC(F)(F)F. The number of halogens is 3. The van der Waals surface area contributed by atoms with Gasteiger partial charge in [0, 0.05) is 42.8 Å². The zero-order valence-corrected chi connectivity index (χ0v) is 20.4. The van der Waals surface area contributed by atoms with Crippen LogP contribution in [0.15, 0.2) is 23.8 Å². The molecule has 1 aromatic carbocycles. The lowest BCUT2D eigenvalue weighted by molar-refractivity contribution is -0.130. The Bertz CT molecular complexity index is 649. The molecule has 1 aromatic rings. The van der Waals surface area contributed by atoms with Crippen LogP contribution in [0.4, 0.5) is 18.9 Å². The normalized spacial score (nSPS) is 17.8. The number of hydrogen-bond donors (Lipinski definition) is 1. The standard InChI is InChI=1S/C21H32N2.C3H5F3.C2H6/c1-16(2)15-20-17(3)7-6-10-21(20)22-18-11-13-23(14-12-18)19-8-4-5-9-19;1-2-3(4,5)6;1-2/h6-7,10,15,18-19,22H,4-5,8-9,11-14H2,1-3H3;2H2,1H3;1-2H3. The van der Waals surface area contributed by atoms with E-state index in [1.54, 1.807) is 0 Å². The van der Waals surface area contributed by atoms with Gasteiger partial charge in [-0.05, 0) is 58.1 Å². The number of hydrogen-bond acceptors (Lipinski definition) is 2. The van der Waals surface area contributed by atoms with E-state index >= 15 is 0 Å². The predicted molar refractivity (Wildman–Crippen MR) is 129 cm³/mol. The van der Waals surface area contributed by atoms with Gasteiger partial charge in [0.1, 0.15) is 0 Å². The van der Waals surface area contributed by atoms with Gasteiger partial charge in [-0.3, -0.25) is 0 Å². The Labute approximate surface area is 188 Å². The number of alkyl halides is 3. The number of nitrogens with zero attached hydrogens (tertiary/aromatic N) is 1. The molecular weight excluding hydrogens is 397 g/mol. The van der Waals surface area contributed by atoms with E-state index in [-0.39, 0.29) is 0 Å². The monoisotopic (exact) mass is 440 g/mol. The van der Waals surface area contributed by atoms with Gasteiger partial charge in [-0.1, -0.05) is 57.4 Å². The van der Waals surface area contributed by atoms with Crippen LogP contribution in [0.3, 0.4) is 0 Å². The van der Waals surface area contributed by atoms with E-state index in [1.807, 2.05) is 13.8 Å². The second-order valence-corrected chi connectivity index (χ2v) is 8.62. The van der Waals surface area contributed by atoms with E-state index in [4.69, 9.17) is 0 Å². The fourth-order valence-electron chi connectivity index (χ4n) is 4.19. The van der Waals surface area contributed by atoms with Gasteiger partial charge < -0.3 is 10.2 Å². The molecule has 1 saturated heterocycles. The average molecular weight is 441 g/mol. The largest absolute Gasteiger partial charge is 0.388 e. The minimum atomic E-state index is -3.96. The number of piperidine rings is 1. The molecule has 0 radical (unpaired) electrons. The van der Waals surface area contributed by atoms with Crippen LogP contribution in [0.2, 0.25) is 0 Å². The Morgan fingerprint density at radius 1 is 1.06 bits per heavy atom. The van der Waals surface area contributed by atoms with Gasteiger partial charge in [0.15, 0.2) is 0 Å². The summed E-state index contributed by atoms with van der Waals surface area (Å²) in [6.45, 7) is 14.2. The number of allylic oxidation sites excluding steroid dienone is 1. The molecule has 3 rings (SSSR count). The summed E-state index contributed by atoms with van der Waals surface area (Å²) < 4.78 is 32.4. The van der Waals surface area contributed by atoms with Crippen LogP contribution in [0.1, 0.15) is 90.7 Å². The summed E-state index contributed by atoms with van der Waals surface area (Å²) in [4.78, 5) is 2.75. The summed E-state index contributed by atoms with van der Waals surface area (Å²) in [6.07, 6.45) is 5.92. The third-order valence-electron chi connectivity index (χ3n) is 5.89. The minimum absolute atomic E-state index is 0.624. The molecule has 1 heterocycles. The van der Waals surface area contributed by atoms with Gasteiger partial charge in [0.05, 0.1) is 0 Å². The van der Waals surface area contributed by atoms with Crippen LogP contribution in [0, 0.1) is 6.92 Å². The van der Waals surface area contributed by atoms with E-state index in [0.717, 1.165) is 13.0 Å². The van der Waals surface area contributed by atoms with E-state index in [1.165, 1.54) is 74.0 Å². The molecule has 2 fully saturated rings. The van der Waals surface area contributed by atoms with Gasteiger partial charge in [-0.2, -0.15) is 13.2 Å². The molecule has 1 aliphatic carbocycles. The van der Waals surface area contributed by atoms with Gasteiger partial charge in [-0.25, -0.2) is 0 Å². The van der Waals surface area contributed by atoms with Crippen molar-refractivity contribution < 1.29 is 13.2 Å². The summed E-state index contributed by atoms with van der Waals surface area (Å²) in [6, 6.07) is 8.14. The molecule has 0 amide bonds. The van der Waals surface area contributed by atoms with Crippen molar-refractivity contribution in [3.05, 3.63) is 34.9 Å². The Morgan fingerprint density at radius 3 is 2.10 bits per heavy atom. The first-order chi connectivity index (χ1) is 14.7. The zero-order valence-electron chi connectivity index (χ0n) is 20.4. The fraction of sp³-hybridized carbons (Fsp3) is 0.692. The lowest BCUT2D eigenvalue weighted by atomic mass is 9.99. The third kappa shape index (κ3) is 10.1. The van der Waals surface area contributed by atoms with Crippen LogP contribution in [0.25, 0.3) is 6.08 Å². The molecule has 1 aliphatic heterocycles. The van der Waals surface area contributed by atoms with Gasteiger partial charge in [-0.15, -0.1) is 0 Å². The summed E-state index contributed by atoms with van der Waals surface area (Å²) >= 11 is 0. The first-order valence-corrected chi connectivity index (χ1v) is 12.0. The molecule has 0 bridgehead atoms. The Balaban J connectivity index is 0.000000521. The van der Waals surface area contributed by atoms with Crippen LogP contribution < -0.4 is 5.32 Å². The van der Waals surface area contributed by atoms with Crippen molar-refractivity contribution in [2.45, 2.75) is 105 Å². The van der Waals surface area contributed by atoms with Gasteiger partial charge in [0.25, 0.3) is 0 Å². The zero-order chi connectivity index (χ0) is 23.4. The second kappa shape index (κ2) is 13.8. The highest BCUT2D eigenvalue weighted by atomic mass is 19.4. The molecule has 178 valence electrons. The molecule has 5 heteroatoms. The van der Waals surface area contributed by atoms with Crippen molar-refractivity contribution in [2.75, 3.05) is 18.4 Å². The lowest BCUT2D eigenvalue weighted by Crippen LogP contribution is -2.43. The maximum Gasteiger partial charge on any atom is 0.388 e. The number of anilines is 1. The van der Waals surface area contributed by atoms with E-state index in [9.17, 15) is 13.2 Å². The number of aryl methyl sites for hydroxylation is 1. The number of likely N-dealkylation sites (tertiary alicyclic amines) is 1. The first-order valence-electron chi connectivity index (χ1n) is 12.0. The van der Waals surface area contributed by atoms with E-state index < -0.39 is 12.6 Å². The number of rotatable bonds is 4. The van der Waals surface area contributed by atoms with Gasteiger partial charge >= 0.3 is 6.18 Å². The van der Waals surface area contributed by atoms with E-state index in [0.29, 0.717) is 6.04 Å². The lowest BCUT2D eigenvalue weighted by Gasteiger charge is -2.36. The molecule has 1 saturated carbocycles. The van der Waals surface area contributed by atoms with Crippen molar-refractivity contribution in [3.63, 3.8) is 0 Å². The Hall–Kier alpha value is -1.49. The highest BCUT2D eigenvalue weighted by Crippen LogP contribution is 2.29. The maximum absolute atomic E-state index is 10.8. The summed E-state index contributed by atoms with van der Waals surface area (Å²) in [5.74, 6) is 0. The Kier molecular flexibility index (Phi) is 12.3. The molecule has 0 spiro atoms. The predicted octanol–water partition coefficient (Wildman–Crippen LogP) is 8.22. The number of benzene rings is 1. The van der Waals surface area contributed by atoms with Crippen molar-refractivity contribution in [1.82, 2.24) is 4.90 Å². The highest BCUT2D eigenvalue weighted by molar-refractivity contribution is 5.70. The number of nitrogens with one attached hydrogen (secondary N) is 1. The Morgan fingerprint density at radius 2 is 1.61 bits per heavy atom. The highest BCUT2D eigenvalue weighted by Gasteiger charge is 2.27. The minimum Gasteiger partial charge on any atom is -0.382 e. The van der Waals surface area contributed by atoms with Crippen LogP contribution in [-0.2, 0) is 0 Å². The first kappa shape index (κ1) is 27.5. The van der Waals surface area contributed by atoms with Crippen LogP contribution in [-0.4, -0.2) is 36.2 Å². The summed E-state index contributed by atoms with van der Waals surface area (Å²) in [5, 5.41) is 3.84. The van der Waals surface area contributed by atoms with Crippen molar-refractivity contribution >= 4 is 11.8 Å². The molecule has 0 atom stereocenters. The topological polar surface area (TPSA) is 15.3 Å². The molecule has 0 unspecified atom stereocenters. The average Bonchev–Trinajstić information content (AvgIpc) is 3.27. The third-order valence-corrected chi connectivity index (χ3v) is 5.89. The smallest absolute Gasteiger partial charge is 0.382 e. The molecule has 31 heavy (non-hydrogen) atoms. The van der Waals surface area contributed by atoms with Gasteiger partial charge in [0.2, 0.25) is 0 Å². The summed E-state index contributed by atoms with van der Waals surface area (Å²) in [5.41, 5.74) is 5.40. The fourth-order valence-corrected chi connectivity index (χ4v) is 4.19. The van der Waals surface area contributed by atoms with Crippen molar-refractivity contribution in [2.24, 2.45) is 0 Å². The van der Waals surface area contributed by atoms with E-state index in [2.05, 4.69) is 55.3 Å². The molecule has 2 nitrogen and oxygen atoms in total. The summed E-state index contributed by atoms with van der Waals surface area (Å²) in [7, 11) is 0. The molecular formula is C26H43F3N2. The second-order valence-electron chi connectivity index (χ2n) is 8.62.